The average Bonchev–Trinajstić information content (AvgIpc) is 2.76. The number of halogens is 3. The summed E-state index contributed by atoms with van der Waals surface area (Å²) in [4.78, 5) is 11.8. The highest BCUT2D eigenvalue weighted by atomic mass is 19.4. The van der Waals surface area contributed by atoms with Crippen molar-refractivity contribution in [2.45, 2.75) is 50.2 Å². The Morgan fingerprint density at radius 1 is 1.23 bits per heavy atom. The smallest absolute Gasteiger partial charge is 0.378 e. The Balaban J connectivity index is 1.64. The monoisotopic (exact) mass is 433 g/mol. The Bertz CT molecular complexity index is 933. The van der Waals surface area contributed by atoms with Gasteiger partial charge >= 0.3 is 6.18 Å². The topological polar surface area (TPSA) is 76.4 Å². The molecule has 4 N–H and O–H groups in total. The Morgan fingerprint density at radius 2 is 1.97 bits per heavy atom. The zero-order valence-corrected chi connectivity index (χ0v) is 17.2. The van der Waals surface area contributed by atoms with Crippen molar-refractivity contribution < 1.29 is 22.7 Å². The first-order valence-electron chi connectivity index (χ1n) is 10.5. The van der Waals surface area contributed by atoms with E-state index >= 15 is 0 Å². The van der Waals surface area contributed by atoms with Crippen molar-refractivity contribution in [1.29, 1.82) is 0 Å². The van der Waals surface area contributed by atoms with E-state index in [4.69, 9.17) is 10.5 Å². The van der Waals surface area contributed by atoms with Gasteiger partial charge in [0, 0.05) is 23.7 Å². The van der Waals surface area contributed by atoms with Crippen molar-refractivity contribution in [3.8, 4) is 0 Å². The van der Waals surface area contributed by atoms with Gasteiger partial charge in [-0.3, -0.25) is 4.79 Å². The lowest BCUT2D eigenvalue weighted by atomic mass is 9.76. The molecular weight excluding hydrogens is 407 g/mol. The molecule has 1 amide bonds. The molecule has 2 aliphatic rings. The van der Waals surface area contributed by atoms with Crippen LogP contribution in [0.5, 0.6) is 0 Å². The van der Waals surface area contributed by atoms with Crippen molar-refractivity contribution in [3.05, 3.63) is 65.2 Å². The lowest BCUT2D eigenvalue weighted by molar-refractivity contribution is -0.138. The molecule has 1 saturated heterocycles. The summed E-state index contributed by atoms with van der Waals surface area (Å²) < 4.78 is 46.4. The van der Waals surface area contributed by atoms with Crippen molar-refractivity contribution >= 4 is 11.6 Å². The van der Waals surface area contributed by atoms with E-state index in [0.717, 1.165) is 18.1 Å². The predicted octanol–water partition coefficient (Wildman–Crippen LogP) is 4.17. The molecule has 0 spiro atoms. The molecular formula is C23H26F3N3O2. The maximum atomic E-state index is 13.4. The van der Waals surface area contributed by atoms with Gasteiger partial charge in [-0.2, -0.15) is 13.2 Å². The molecule has 8 heteroatoms. The number of rotatable bonds is 4. The molecule has 0 radical (unpaired) electrons. The van der Waals surface area contributed by atoms with E-state index in [9.17, 15) is 18.0 Å². The van der Waals surface area contributed by atoms with Crippen molar-refractivity contribution in [2.24, 2.45) is 11.7 Å². The maximum absolute atomic E-state index is 13.4. The van der Waals surface area contributed by atoms with Gasteiger partial charge in [0.15, 0.2) is 0 Å². The van der Waals surface area contributed by atoms with Crippen LogP contribution in [0.1, 0.15) is 48.6 Å². The van der Waals surface area contributed by atoms with E-state index < -0.39 is 23.9 Å². The van der Waals surface area contributed by atoms with Gasteiger partial charge in [0.05, 0.1) is 29.9 Å². The fourth-order valence-corrected chi connectivity index (χ4v) is 4.45. The summed E-state index contributed by atoms with van der Waals surface area (Å²) in [5.74, 6) is -0.309. The van der Waals surface area contributed by atoms with Crippen LogP contribution in [0, 0.1) is 5.92 Å². The van der Waals surface area contributed by atoms with Gasteiger partial charge in [-0.25, -0.2) is 0 Å². The van der Waals surface area contributed by atoms with E-state index in [1.54, 1.807) is 6.92 Å². The van der Waals surface area contributed by atoms with Crippen molar-refractivity contribution in [2.75, 3.05) is 11.9 Å². The summed E-state index contributed by atoms with van der Waals surface area (Å²) in [7, 11) is 0. The van der Waals surface area contributed by atoms with Gasteiger partial charge in [-0.15, -0.1) is 0 Å². The van der Waals surface area contributed by atoms with Gasteiger partial charge in [-0.1, -0.05) is 30.3 Å². The lowest BCUT2D eigenvalue weighted by Crippen LogP contribution is -2.46. The number of benzene rings is 2. The summed E-state index contributed by atoms with van der Waals surface area (Å²) >= 11 is 0. The highest BCUT2D eigenvalue weighted by Gasteiger charge is 2.43. The summed E-state index contributed by atoms with van der Waals surface area (Å²) in [6.07, 6.45) is -3.78. The minimum atomic E-state index is -4.43. The van der Waals surface area contributed by atoms with Gasteiger partial charge < -0.3 is 21.1 Å². The second-order valence-corrected chi connectivity index (χ2v) is 8.29. The normalized spacial score (nSPS) is 26.2. The van der Waals surface area contributed by atoms with E-state index in [-0.39, 0.29) is 30.5 Å². The fraction of sp³-hybridized carbons (Fsp3) is 0.435. The minimum absolute atomic E-state index is 0.0289. The number of nitrogens with one attached hydrogen (secondary N) is 2. The number of nitrogens with two attached hydrogens (primary N) is 1. The van der Waals surface area contributed by atoms with Crippen LogP contribution in [0.4, 0.5) is 18.9 Å². The quantitative estimate of drug-likeness (QED) is 0.677. The maximum Gasteiger partial charge on any atom is 0.416 e. The summed E-state index contributed by atoms with van der Waals surface area (Å²) in [6.45, 7) is 1.88. The van der Waals surface area contributed by atoms with Gasteiger partial charge in [0.2, 0.25) is 5.91 Å². The van der Waals surface area contributed by atoms with E-state index in [1.165, 1.54) is 12.1 Å². The SMILES string of the molecule is C[C@@H](N)C(=O)NC[C@H]1CC[C@@H]2[C@H](O1)c1cc(C(F)(F)F)ccc1N[C@H]2c1ccccc1. The highest BCUT2D eigenvalue weighted by Crippen LogP contribution is 2.51. The zero-order valence-electron chi connectivity index (χ0n) is 17.2. The highest BCUT2D eigenvalue weighted by molar-refractivity contribution is 5.80. The second kappa shape index (κ2) is 8.51. The average molecular weight is 433 g/mol. The molecule has 31 heavy (non-hydrogen) atoms. The molecule has 2 aliphatic heterocycles. The van der Waals surface area contributed by atoms with E-state index in [0.29, 0.717) is 17.7 Å². The summed E-state index contributed by atoms with van der Waals surface area (Å²) in [5, 5.41) is 6.20. The molecule has 0 unspecified atom stereocenters. The number of alkyl halides is 3. The molecule has 0 aromatic heterocycles. The molecule has 2 aromatic carbocycles. The number of carbonyl (C=O) groups excluding carboxylic acids is 1. The van der Waals surface area contributed by atoms with Crippen LogP contribution in [0.15, 0.2) is 48.5 Å². The predicted molar refractivity (Wildman–Crippen MR) is 111 cm³/mol. The minimum Gasteiger partial charge on any atom is -0.378 e. The molecule has 2 aromatic rings. The first-order chi connectivity index (χ1) is 14.7. The third-order valence-corrected chi connectivity index (χ3v) is 6.05. The fourth-order valence-electron chi connectivity index (χ4n) is 4.45. The first kappa shape index (κ1) is 21.6. The van der Waals surface area contributed by atoms with Gasteiger partial charge in [-0.05, 0) is 43.5 Å². The van der Waals surface area contributed by atoms with Crippen molar-refractivity contribution in [3.63, 3.8) is 0 Å². The molecule has 0 aliphatic carbocycles. The summed E-state index contributed by atoms with van der Waals surface area (Å²) in [6, 6.07) is 12.9. The Hall–Kier alpha value is -2.58. The largest absolute Gasteiger partial charge is 0.416 e. The van der Waals surface area contributed by atoms with Crippen LogP contribution in [-0.4, -0.2) is 24.6 Å². The molecule has 0 bridgehead atoms. The van der Waals surface area contributed by atoms with Crippen molar-refractivity contribution in [1.82, 2.24) is 5.32 Å². The number of hydrogen-bond acceptors (Lipinski definition) is 4. The van der Waals surface area contributed by atoms with Crippen LogP contribution in [0.2, 0.25) is 0 Å². The summed E-state index contributed by atoms with van der Waals surface area (Å²) in [5.41, 5.74) is 7.12. The molecule has 5 atom stereocenters. The Kier molecular flexibility index (Phi) is 5.94. The van der Waals surface area contributed by atoms with Crippen LogP contribution < -0.4 is 16.4 Å². The van der Waals surface area contributed by atoms with E-state index in [2.05, 4.69) is 10.6 Å². The molecule has 1 fully saturated rings. The number of anilines is 1. The second-order valence-electron chi connectivity index (χ2n) is 8.29. The van der Waals surface area contributed by atoms with Crippen LogP contribution in [0.25, 0.3) is 0 Å². The van der Waals surface area contributed by atoms with Crippen LogP contribution in [0.3, 0.4) is 0 Å². The first-order valence-corrected chi connectivity index (χ1v) is 10.5. The zero-order chi connectivity index (χ0) is 22.2. The standard InChI is InChI=1S/C23H26F3N3O2/c1-13(27)22(30)28-12-16-8-9-17-20(14-5-3-2-4-6-14)29-19-10-7-15(23(24,25)26)11-18(19)21(17)31-16/h2-7,10-11,13,16-17,20-21,29H,8-9,12,27H2,1H3,(H,28,30)/t13-,16-,17+,20+,21+/m1/s1. The Labute approximate surface area is 179 Å². The molecule has 4 rings (SSSR count). The number of carbonyl (C=O) groups is 1. The third kappa shape index (κ3) is 4.55. The molecule has 0 saturated carbocycles. The van der Waals surface area contributed by atoms with Crippen LogP contribution >= 0.6 is 0 Å². The molecule has 166 valence electrons. The van der Waals surface area contributed by atoms with E-state index in [1.807, 2.05) is 30.3 Å². The van der Waals surface area contributed by atoms with Crippen LogP contribution in [-0.2, 0) is 15.7 Å². The molecule has 5 nitrogen and oxygen atoms in total. The number of hydrogen-bond donors (Lipinski definition) is 3. The van der Waals surface area contributed by atoms with Gasteiger partial charge in [0.1, 0.15) is 0 Å². The number of amides is 1. The lowest BCUT2D eigenvalue weighted by Gasteiger charge is -2.46. The Morgan fingerprint density at radius 3 is 2.65 bits per heavy atom. The third-order valence-electron chi connectivity index (χ3n) is 6.05. The number of fused-ring (bicyclic) bond motifs is 3. The van der Waals surface area contributed by atoms with Gasteiger partial charge in [0.25, 0.3) is 0 Å². The molecule has 2 heterocycles. The number of ether oxygens (including phenoxy) is 1.